The quantitative estimate of drug-likeness (QED) is 0.438. The fourth-order valence-corrected chi connectivity index (χ4v) is 5.35. The van der Waals surface area contributed by atoms with Crippen LogP contribution in [0.15, 0.2) is 59.1 Å². The van der Waals surface area contributed by atoms with Crippen molar-refractivity contribution in [3.63, 3.8) is 0 Å². The molecule has 0 saturated heterocycles. The van der Waals surface area contributed by atoms with Gasteiger partial charge in [-0.15, -0.1) is 0 Å². The van der Waals surface area contributed by atoms with Gasteiger partial charge in [-0.05, 0) is 51.9 Å². The second-order valence-electron chi connectivity index (χ2n) is 6.66. The van der Waals surface area contributed by atoms with Crippen molar-refractivity contribution in [1.82, 2.24) is 0 Å². The first-order chi connectivity index (χ1) is 10.8. The predicted molar refractivity (Wildman–Crippen MR) is 96.3 cm³/mol. The predicted octanol–water partition coefficient (Wildman–Crippen LogP) is 6.44. The standard InChI is InChI=1S/C21H17Br/c22-19-13-18-20(15-8-2-1-7-14(15)19)16-9-3-4-10-17(16)21(18)11-5-6-12-21/h1-4,7-10,13H,5-6,11-12H2. The van der Waals surface area contributed by atoms with Crippen LogP contribution in [-0.2, 0) is 5.41 Å². The van der Waals surface area contributed by atoms with E-state index in [9.17, 15) is 0 Å². The highest BCUT2D eigenvalue weighted by molar-refractivity contribution is 9.10. The Labute approximate surface area is 139 Å². The maximum Gasteiger partial charge on any atom is 0.0257 e. The third-order valence-corrected chi connectivity index (χ3v) is 6.33. The highest BCUT2D eigenvalue weighted by atomic mass is 79.9. The molecule has 108 valence electrons. The number of hydrogen-bond acceptors (Lipinski definition) is 0. The molecule has 22 heavy (non-hydrogen) atoms. The number of hydrogen-bond donors (Lipinski definition) is 0. The first-order valence-corrected chi connectivity index (χ1v) is 8.92. The van der Waals surface area contributed by atoms with Gasteiger partial charge in [0.15, 0.2) is 0 Å². The van der Waals surface area contributed by atoms with Crippen LogP contribution < -0.4 is 0 Å². The summed E-state index contributed by atoms with van der Waals surface area (Å²) in [5, 5.41) is 2.72. The Morgan fingerprint density at radius 2 is 1.45 bits per heavy atom. The van der Waals surface area contributed by atoms with Gasteiger partial charge in [0.25, 0.3) is 0 Å². The molecular weight excluding hydrogens is 332 g/mol. The molecule has 2 aliphatic carbocycles. The highest BCUT2D eigenvalue weighted by Gasteiger charge is 2.45. The number of fused-ring (bicyclic) bond motifs is 7. The number of halogens is 1. The van der Waals surface area contributed by atoms with Crippen LogP contribution in [0.5, 0.6) is 0 Å². The average Bonchev–Trinajstić information content (AvgIpc) is 3.15. The van der Waals surface area contributed by atoms with Crippen molar-refractivity contribution in [2.24, 2.45) is 0 Å². The van der Waals surface area contributed by atoms with Crippen LogP contribution in [0.2, 0.25) is 0 Å². The number of benzene rings is 3. The molecule has 0 radical (unpaired) electrons. The summed E-state index contributed by atoms with van der Waals surface area (Å²) in [5.74, 6) is 0. The van der Waals surface area contributed by atoms with E-state index in [0.29, 0.717) is 0 Å². The van der Waals surface area contributed by atoms with E-state index in [4.69, 9.17) is 0 Å². The summed E-state index contributed by atoms with van der Waals surface area (Å²) in [5.41, 5.74) is 6.32. The van der Waals surface area contributed by atoms with Crippen molar-refractivity contribution in [2.75, 3.05) is 0 Å². The van der Waals surface area contributed by atoms with Gasteiger partial charge in [-0.1, -0.05) is 77.3 Å². The summed E-state index contributed by atoms with van der Waals surface area (Å²) in [6.07, 6.45) is 5.28. The van der Waals surface area contributed by atoms with E-state index in [1.54, 1.807) is 11.1 Å². The lowest BCUT2D eigenvalue weighted by atomic mass is 9.76. The second kappa shape index (κ2) is 4.45. The van der Waals surface area contributed by atoms with Gasteiger partial charge in [-0.3, -0.25) is 0 Å². The van der Waals surface area contributed by atoms with E-state index in [-0.39, 0.29) is 5.41 Å². The maximum absolute atomic E-state index is 3.83. The van der Waals surface area contributed by atoms with E-state index >= 15 is 0 Å². The van der Waals surface area contributed by atoms with Crippen LogP contribution in [0.4, 0.5) is 0 Å². The first kappa shape index (κ1) is 12.9. The molecule has 1 heteroatoms. The van der Waals surface area contributed by atoms with Gasteiger partial charge < -0.3 is 0 Å². The average molecular weight is 349 g/mol. The largest absolute Gasteiger partial charge is 0.0619 e. The van der Waals surface area contributed by atoms with Crippen molar-refractivity contribution in [1.29, 1.82) is 0 Å². The molecule has 0 N–H and O–H groups in total. The highest BCUT2D eigenvalue weighted by Crippen LogP contribution is 2.58. The second-order valence-corrected chi connectivity index (χ2v) is 7.52. The van der Waals surface area contributed by atoms with Crippen molar-refractivity contribution in [2.45, 2.75) is 31.1 Å². The molecule has 3 aromatic rings. The Hall–Kier alpha value is -1.60. The maximum atomic E-state index is 3.83. The fraction of sp³-hybridized carbons (Fsp3) is 0.238. The minimum atomic E-state index is 0.262. The summed E-state index contributed by atoms with van der Waals surface area (Å²) < 4.78 is 1.24. The van der Waals surface area contributed by atoms with Crippen molar-refractivity contribution in [3.05, 3.63) is 70.2 Å². The molecule has 0 bridgehead atoms. The molecule has 0 atom stereocenters. The Morgan fingerprint density at radius 1 is 0.773 bits per heavy atom. The van der Waals surface area contributed by atoms with Gasteiger partial charge >= 0.3 is 0 Å². The van der Waals surface area contributed by atoms with Gasteiger partial charge in [0.2, 0.25) is 0 Å². The minimum absolute atomic E-state index is 0.262. The third-order valence-electron chi connectivity index (χ3n) is 5.68. The zero-order valence-electron chi connectivity index (χ0n) is 12.4. The van der Waals surface area contributed by atoms with E-state index < -0.39 is 0 Å². The summed E-state index contributed by atoms with van der Waals surface area (Å²) in [6.45, 7) is 0. The van der Waals surface area contributed by atoms with Crippen LogP contribution in [0.25, 0.3) is 21.9 Å². The molecule has 5 rings (SSSR count). The lowest BCUT2D eigenvalue weighted by Gasteiger charge is -2.27. The molecule has 1 spiro atoms. The van der Waals surface area contributed by atoms with Crippen LogP contribution in [0, 0.1) is 0 Å². The Bertz CT molecular complexity index is 901. The number of rotatable bonds is 0. The van der Waals surface area contributed by atoms with Crippen molar-refractivity contribution >= 4 is 26.7 Å². The molecule has 0 heterocycles. The van der Waals surface area contributed by atoms with Crippen molar-refractivity contribution < 1.29 is 0 Å². The molecule has 3 aromatic carbocycles. The van der Waals surface area contributed by atoms with E-state index in [1.165, 1.54) is 52.1 Å². The topological polar surface area (TPSA) is 0 Å². The normalized spacial score (nSPS) is 17.9. The Balaban J connectivity index is 1.98. The van der Waals surface area contributed by atoms with Gasteiger partial charge in [0.05, 0.1) is 0 Å². The van der Waals surface area contributed by atoms with Crippen LogP contribution in [0.3, 0.4) is 0 Å². The van der Waals surface area contributed by atoms with Crippen molar-refractivity contribution in [3.8, 4) is 11.1 Å². The van der Waals surface area contributed by atoms with E-state index in [1.807, 2.05) is 0 Å². The zero-order chi connectivity index (χ0) is 14.7. The van der Waals surface area contributed by atoms with Gasteiger partial charge in [-0.25, -0.2) is 0 Å². The Morgan fingerprint density at radius 3 is 2.27 bits per heavy atom. The third kappa shape index (κ3) is 1.48. The molecule has 0 amide bonds. The smallest absolute Gasteiger partial charge is 0.0257 e. The van der Waals surface area contributed by atoms with E-state index in [2.05, 4.69) is 70.5 Å². The lowest BCUT2D eigenvalue weighted by Crippen LogP contribution is -2.20. The van der Waals surface area contributed by atoms with Crippen LogP contribution in [0.1, 0.15) is 36.8 Å². The summed E-state index contributed by atoms with van der Waals surface area (Å²) >= 11 is 3.83. The SMILES string of the molecule is Brc1cc2c(c3ccccc13)-c1ccccc1C21CCCC1. The summed E-state index contributed by atoms with van der Waals surface area (Å²) in [6, 6.07) is 20.3. The minimum Gasteiger partial charge on any atom is -0.0619 e. The van der Waals surface area contributed by atoms with Crippen LogP contribution in [-0.4, -0.2) is 0 Å². The summed E-state index contributed by atoms with van der Waals surface area (Å²) in [7, 11) is 0. The molecule has 0 nitrogen and oxygen atoms in total. The molecular formula is C21H17Br. The molecule has 1 saturated carbocycles. The molecule has 0 aromatic heterocycles. The zero-order valence-corrected chi connectivity index (χ0v) is 14.0. The van der Waals surface area contributed by atoms with Gasteiger partial charge in [-0.2, -0.15) is 0 Å². The van der Waals surface area contributed by atoms with Gasteiger partial charge in [0.1, 0.15) is 0 Å². The molecule has 0 aliphatic heterocycles. The summed E-state index contributed by atoms with van der Waals surface area (Å²) in [4.78, 5) is 0. The lowest BCUT2D eigenvalue weighted by molar-refractivity contribution is 0.550. The monoisotopic (exact) mass is 348 g/mol. The van der Waals surface area contributed by atoms with Crippen LogP contribution >= 0.6 is 15.9 Å². The molecule has 2 aliphatic rings. The van der Waals surface area contributed by atoms with E-state index in [0.717, 1.165) is 0 Å². The van der Waals surface area contributed by atoms with Gasteiger partial charge in [0, 0.05) is 9.89 Å². The molecule has 1 fully saturated rings. The molecule has 0 unspecified atom stereocenters. The fourth-order valence-electron chi connectivity index (χ4n) is 4.78. The Kier molecular flexibility index (Phi) is 2.61. The first-order valence-electron chi connectivity index (χ1n) is 8.13.